The van der Waals surface area contributed by atoms with Gasteiger partial charge in [-0.05, 0) is 97.4 Å². The number of methoxy groups -OCH3 is 1. The average Bonchev–Trinajstić information content (AvgIpc) is 2.98. The monoisotopic (exact) mass is 614 g/mol. The first-order valence-electron chi connectivity index (χ1n) is 15.7. The fourth-order valence-corrected chi connectivity index (χ4v) is 7.85. The Morgan fingerprint density at radius 3 is 2.14 bits per heavy atom. The zero-order valence-corrected chi connectivity index (χ0v) is 28.7. The van der Waals surface area contributed by atoms with Crippen molar-refractivity contribution in [1.29, 1.82) is 0 Å². The smallest absolute Gasteiger partial charge is 0.310 e. The Kier molecular flexibility index (Phi) is 10.6. The molecule has 0 aromatic heterocycles. The summed E-state index contributed by atoms with van der Waals surface area (Å²) in [4.78, 5) is 11.6. The first kappa shape index (κ1) is 33.6. The van der Waals surface area contributed by atoms with E-state index >= 15 is 0 Å². The normalized spacial score (nSPS) is 14.9. The van der Waals surface area contributed by atoms with E-state index in [2.05, 4.69) is 95.6 Å². The fraction of sp³-hybridized carbons (Fsp3) is 0.447. The molecule has 0 N–H and O–H groups in total. The molecule has 0 atom stereocenters. The number of esters is 1. The van der Waals surface area contributed by atoms with Gasteiger partial charge in [0, 0.05) is 23.8 Å². The van der Waals surface area contributed by atoms with Gasteiger partial charge < -0.3 is 13.9 Å². The lowest BCUT2D eigenvalue weighted by molar-refractivity contribution is -0.139. The largest absolute Gasteiger partial charge is 0.469 e. The van der Waals surface area contributed by atoms with E-state index in [-0.39, 0.29) is 11.8 Å². The molecule has 3 aromatic rings. The lowest BCUT2D eigenvalue weighted by Gasteiger charge is -2.38. The number of rotatable bonds is 9. The number of benzene rings is 3. The number of carbonyl (C=O) groups is 1. The molecule has 1 heterocycles. The molecule has 1 aliphatic heterocycles. The molecule has 1 fully saturated rings. The number of carbonyl (C=O) groups excluding carboxylic acids is 1. The highest BCUT2D eigenvalue weighted by molar-refractivity contribution is 6.69. The predicted octanol–water partition coefficient (Wildman–Crippen LogP) is 8.68. The summed E-state index contributed by atoms with van der Waals surface area (Å²) < 4.78 is 31.8. The van der Waals surface area contributed by atoms with Crippen LogP contribution in [0.15, 0.2) is 54.6 Å². The second-order valence-corrected chi connectivity index (χ2v) is 17.4. The number of halogens is 1. The maximum Gasteiger partial charge on any atom is 0.310 e. The van der Waals surface area contributed by atoms with Crippen LogP contribution in [0.2, 0.25) is 19.6 Å². The van der Waals surface area contributed by atoms with Crippen molar-refractivity contribution in [2.45, 2.75) is 90.5 Å². The molecular weight excluding hydrogens is 567 g/mol. The van der Waals surface area contributed by atoms with Gasteiger partial charge in [0.05, 0.1) is 26.7 Å². The first-order valence-corrected chi connectivity index (χ1v) is 19.1. The van der Waals surface area contributed by atoms with E-state index in [1.807, 2.05) is 6.07 Å². The molecule has 0 bridgehead atoms. The summed E-state index contributed by atoms with van der Waals surface area (Å²) in [5.74, 6) is 6.18. The zero-order chi connectivity index (χ0) is 32.1. The third kappa shape index (κ3) is 7.51. The molecule has 1 saturated heterocycles. The van der Waals surface area contributed by atoms with Crippen molar-refractivity contribution in [2.75, 3.05) is 20.3 Å². The Morgan fingerprint density at radius 1 is 0.955 bits per heavy atom. The molecule has 0 unspecified atom stereocenters. The average molecular weight is 615 g/mol. The van der Waals surface area contributed by atoms with Gasteiger partial charge in [-0.15, -0.1) is 0 Å². The van der Waals surface area contributed by atoms with Crippen LogP contribution >= 0.6 is 0 Å². The molecular formula is C38H47FO4Si. The lowest BCUT2D eigenvalue weighted by atomic mass is 9.69. The highest BCUT2D eigenvalue weighted by Crippen LogP contribution is 2.41. The first-order chi connectivity index (χ1) is 20.8. The van der Waals surface area contributed by atoms with E-state index in [9.17, 15) is 9.18 Å². The second kappa shape index (κ2) is 13.8. The van der Waals surface area contributed by atoms with Crippen LogP contribution in [-0.4, -0.2) is 40.2 Å². The molecule has 0 amide bonds. The van der Waals surface area contributed by atoms with E-state index < -0.39 is 25.7 Å². The molecule has 0 radical (unpaired) electrons. The second-order valence-electron chi connectivity index (χ2n) is 13.0. The molecule has 1 aliphatic rings. The highest BCUT2D eigenvalue weighted by Gasteiger charge is 2.36. The van der Waals surface area contributed by atoms with Crippen molar-refractivity contribution >= 4 is 14.3 Å². The Labute approximate surface area is 264 Å². The summed E-state index contributed by atoms with van der Waals surface area (Å²) in [7, 11) is -0.478. The molecule has 0 saturated carbocycles. The maximum atomic E-state index is 14.9. The quantitative estimate of drug-likeness (QED) is 0.137. The van der Waals surface area contributed by atoms with Crippen LogP contribution in [0.4, 0.5) is 4.39 Å². The van der Waals surface area contributed by atoms with Gasteiger partial charge in [0.15, 0.2) is 8.32 Å². The van der Waals surface area contributed by atoms with Crippen LogP contribution < -0.4 is 0 Å². The fourth-order valence-electron chi connectivity index (χ4n) is 6.43. The zero-order valence-electron chi connectivity index (χ0n) is 27.7. The van der Waals surface area contributed by atoms with Crippen LogP contribution in [-0.2, 0) is 30.5 Å². The van der Waals surface area contributed by atoms with Gasteiger partial charge in [0.1, 0.15) is 11.4 Å². The summed E-state index contributed by atoms with van der Waals surface area (Å²) in [6.45, 7) is 16.7. The molecule has 3 aromatic carbocycles. The van der Waals surface area contributed by atoms with E-state index in [0.717, 1.165) is 53.5 Å². The summed E-state index contributed by atoms with van der Waals surface area (Å²) in [6.07, 6.45) is 3.40. The SMILES string of the molecule is CCC(CC)(c1ccc(C#CC2(O[Si](C)(C)C)CCOCC2)c(C)c1)c1ccc(-c2ccc(CC(=O)OC)c(F)c2)c(C)c1. The molecule has 44 heavy (non-hydrogen) atoms. The van der Waals surface area contributed by atoms with Crippen molar-refractivity contribution < 1.29 is 23.1 Å². The van der Waals surface area contributed by atoms with Crippen molar-refractivity contribution in [2.24, 2.45) is 0 Å². The summed E-state index contributed by atoms with van der Waals surface area (Å²) in [6, 6.07) is 18.3. The molecule has 6 heteroatoms. The van der Waals surface area contributed by atoms with Gasteiger partial charge in [-0.2, -0.15) is 0 Å². The minimum Gasteiger partial charge on any atom is -0.469 e. The minimum atomic E-state index is -1.79. The van der Waals surface area contributed by atoms with Crippen LogP contribution in [0.5, 0.6) is 0 Å². The standard InChI is InChI=1S/C38H47FO4Si/c1-9-38(10-2,33-15-16-34(28(4)24-33)30-11-12-31(35(39)25-30)26-36(40)41-5)32-14-13-29(27(3)23-32)17-18-37(43-44(6,7)8)19-21-42-22-20-37/h11-16,23-25H,9-10,19-22,26H2,1-8H3. The summed E-state index contributed by atoms with van der Waals surface area (Å²) in [5.41, 5.74) is 7.28. The number of ether oxygens (including phenoxy) is 2. The van der Waals surface area contributed by atoms with Gasteiger partial charge in [-0.3, -0.25) is 4.79 Å². The van der Waals surface area contributed by atoms with Crippen molar-refractivity contribution in [1.82, 2.24) is 0 Å². The van der Waals surface area contributed by atoms with Crippen LogP contribution in [0.1, 0.15) is 72.9 Å². The van der Waals surface area contributed by atoms with Crippen LogP contribution in [0.3, 0.4) is 0 Å². The Balaban J connectivity index is 1.65. The maximum absolute atomic E-state index is 14.9. The summed E-state index contributed by atoms with van der Waals surface area (Å²) in [5, 5.41) is 0. The Morgan fingerprint density at radius 2 is 1.59 bits per heavy atom. The van der Waals surface area contributed by atoms with Crippen molar-refractivity contribution in [3.63, 3.8) is 0 Å². The van der Waals surface area contributed by atoms with Crippen LogP contribution in [0.25, 0.3) is 11.1 Å². The number of aryl methyl sites for hydroxylation is 2. The topological polar surface area (TPSA) is 44.8 Å². The van der Waals surface area contributed by atoms with Gasteiger partial charge in [0.2, 0.25) is 0 Å². The van der Waals surface area contributed by atoms with Crippen LogP contribution in [0, 0.1) is 31.5 Å². The van der Waals surface area contributed by atoms with Gasteiger partial charge in [-0.25, -0.2) is 4.39 Å². The van der Waals surface area contributed by atoms with Gasteiger partial charge in [-0.1, -0.05) is 68.2 Å². The number of hydrogen-bond acceptors (Lipinski definition) is 4. The minimum absolute atomic E-state index is 0.0814. The van der Waals surface area contributed by atoms with E-state index in [1.54, 1.807) is 6.07 Å². The summed E-state index contributed by atoms with van der Waals surface area (Å²) >= 11 is 0. The molecule has 0 spiro atoms. The third-order valence-electron chi connectivity index (χ3n) is 8.92. The molecule has 4 nitrogen and oxygen atoms in total. The molecule has 4 rings (SSSR count). The Hall–Kier alpha value is -3.24. The molecule has 0 aliphatic carbocycles. The third-order valence-corrected chi connectivity index (χ3v) is 9.92. The Bertz CT molecular complexity index is 1550. The van der Waals surface area contributed by atoms with E-state index in [4.69, 9.17) is 13.9 Å². The van der Waals surface area contributed by atoms with Gasteiger partial charge >= 0.3 is 5.97 Å². The van der Waals surface area contributed by atoms with Gasteiger partial charge in [0.25, 0.3) is 0 Å². The highest BCUT2D eigenvalue weighted by atomic mass is 28.4. The lowest BCUT2D eigenvalue weighted by Crippen LogP contribution is -2.45. The molecule has 234 valence electrons. The van der Waals surface area contributed by atoms with Crippen molar-refractivity contribution in [3.05, 3.63) is 93.8 Å². The predicted molar refractivity (Wildman–Crippen MR) is 179 cm³/mol. The van der Waals surface area contributed by atoms with Crippen molar-refractivity contribution in [3.8, 4) is 23.0 Å². The van der Waals surface area contributed by atoms with E-state index in [0.29, 0.717) is 18.8 Å². The number of hydrogen-bond donors (Lipinski definition) is 0. The van der Waals surface area contributed by atoms with E-state index in [1.165, 1.54) is 24.3 Å².